The summed E-state index contributed by atoms with van der Waals surface area (Å²) in [6, 6.07) is 86.2. The molecule has 12 aromatic carbocycles. The van der Waals surface area contributed by atoms with E-state index in [2.05, 4.69) is 154 Å². The van der Waals surface area contributed by atoms with Crippen molar-refractivity contribution in [3.63, 3.8) is 0 Å². The second-order valence-corrected chi connectivity index (χ2v) is 21.9. The zero-order chi connectivity index (χ0) is 56.1. The Kier molecular flexibility index (Phi) is 11.6. The summed E-state index contributed by atoms with van der Waals surface area (Å²) in [7, 11) is 0. The lowest BCUT2D eigenvalue weighted by molar-refractivity contribution is 0.627. The van der Waals surface area contributed by atoms with Gasteiger partial charge in [-0.25, -0.2) is 17.6 Å². The first-order valence-electron chi connectivity index (χ1n) is 27.7. The van der Waals surface area contributed by atoms with Crippen LogP contribution in [-0.4, -0.2) is 9.13 Å². The molecule has 0 amide bonds. The van der Waals surface area contributed by atoms with E-state index in [0.717, 1.165) is 111 Å². The van der Waals surface area contributed by atoms with Gasteiger partial charge in [0.15, 0.2) is 0 Å². The number of aromatic nitrogens is 2. The summed E-state index contributed by atoms with van der Waals surface area (Å²) in [5.41, 5.74) is 18.1. The van der Waals surface area contributed by atoms with Crippen molar-refractivity contribution in [2.24, 2.45) is 0 Å². The van der Waals surface area contributed by atoms with E-state index >= 15 is 8.78 Å². The van der Waals surface area contributed by atoms with E-state index in [1.165, 1.54) is 47.5 Å². The van der Waals surface area contributed by atoms with Gasteiger partial charge >= 0.3 is 0 Å². The number of para-hydroxylation sites is 2. The highest BCUT2D eigenvalue weighted by Gasteiger charge is 2.37. The Bertz CT molecular complexity index is 4560. The van der Waals surface area contributed by atoms with E-state index in [4.69, 9.17) is 0 Å². The minimum absolute atomic E-state index is 0.280. The summed E-state index contributed by atoms with van der Waals surface area (Å²) < 4.78 is 63.4. The van der Waals surface area contributed by atoms with Crippen LogP contribution in [0, 0.1) is 23.3 Å². The molecule has 0 saturated heterocycles. The molecule has 1 aliphatic carbocycles. The van der Waals surface area contributed by atoms with Gasteiger partial charge in [0.05, 0.1) is 22.1 Å². The Balaban J connectivity index is 0.864. The van der Waals surface area contributed by atoms with Crippen LogP contribution in [0.2, 0.25) is 0 Å². The minimum atomic E-state index is -0.476. The Morgan fingerprint density at radius 2 is 0.627 bits per heavy atom. The number of hydrogen-bond donors (Lipinski definition) is 0. The zero-order valence-electron chi connectivity index (χ0n) is 45.2. The third kappa shape index (κ3) is 8.19. The fourth-order valence-electron chi connectivity index (χ4n) is 12.8. The monoisotopic (exact) mass is 1080 g/mol. The quantitative estimate of drug-likeness (QED) is 0.127. The SMILES string of the molecule is CC1(C)c2cc(N(c3ccc(-c4ccccc4F)cc3)c3ccc4c(c3)c3ccccc3n4-c3ccc(F)cc3)ccc2-c2ccc(N(c3ccc(-c4ccccc4F)cc3)c3ccc4c(c3)c3ccccc3n4-c3ccc(F)cc3)cc21. The number of fused-ring (bicyclic) bond motifs is 9. The van der Waals surface area contributed by atoms with Gasteiger partial charge in [-0.05, 0) is 191 Å². The predicted molar refractivity (Wildman–Crippen MR) is 333 cm³/mol. The molecule has 0 saturated carbocycles. The molecule has 0 bridgehead atoms. The summed E-state index contributed by atoms with van der Waals surface area (Å²) in [5, 5.41) is 4.22. The van der Waals surface area contributed by atoms with Crippen LogP contribution in [0.15, 0.2) is 267 Å². The third-order valence-electron chi connectivity index (χ3n) is 16.8. The van der Waals surface area contributed by atoms with Crippen LogP contribution in [-0.2, 0) is 5.41 Å². The van der Waals surface area contributed by atoms with Crippen LogP contribution >= 0.6 is 0 Å². The highest BCUT2D eigenvalue weighted by Crippen LogP contribution is 2.53. The molecule has 2 heterocycles. The van der Waals surface area contributed by atoms with Crippen LogP contribution in [0.25, 0.3) is 88.4 Å². The molecule has 0 unspecified atom stereocenters. The molecule has 4 nitrogen and oxygen atoms in total. The van der Waals surface area contributed by atoms with Gasteiger partial charge in [-0.2, -0.15) is 0 Å². The van der Waals surface area contributed by atoms with E-state index in [-0.39, 0.29) is 23.3 Å². The maximum absolute atomic E-state index is 15.2. The molecule has 14 aromatic rings. The van der Waals surface area contributed by atoms with E-state index < -0.39 is 5.41 Å². The van der Waals surface area contributed by atoms with Crippen molar-refractivity contribution in [1.82, 2.24) is 9.13 Å². The Morgan fingerprint density at radius 3 is 1.04 bits per heavy atom. The number of benzene rings is 12. The van der Waals surface area contributed by atoms with Crippen molar-refractivity contribution in [2.45, 2.75) is 19.3 Å². The van der Waals surface area contributed by atoms with E-state index in [1.54, 1.807) is 24.3 Å². The Labute approximate surface area is 477 Å². The standard InChI is InChI=1S/C75H50F4N4/c1-75(2)67-45-57(80(51-27-19-47(20-28-51)59-11-3-7-15-69(59)78)55-37-41-73-65(43-55)63-13-5-9-17-71(63)82(73)53-31-23-49(76)24-32-53)35-39-61(67)62-40-36-58(46-68(62)75)81(52-29-21-48(22-30-52)60-12-4-8-16-70(60)79)56-38-42-74-66(44-56)64-14-6-10-18-72(64)83(74)54-33-25-50(77)26-34-54/h3-46H,1-2H3. The minimum Gasteiger partial charge on any atom is -0.310 e. The first-order valence-corrected chi connectivity index (χ1v) is 27.7. The lowest BCUT2D eigenvalue weighted by Gasteiger charge is -2.29. The number of rotatable bonds is 10. The molecular formula is C75H50F4N4. The molecule has 1 aliphatic rings. The van der Waals surface area contributed by atoms with Crippen LogP contribution in [0.5, 0.6) is 0 Å². The molecule has 398 valence electrons. The van der Waals surface area contributed by atoms with Gasteiger partial charge in [0, 0.05) is 83.6 Å². The van der Waals surface area contributed by atoms with E-state index in [0.29, 0.717) is 11.1 Å². The van der Waals surface area contributed by atoms with Gasteiger partial charge in [0.2, 0.25) is 0 Å². The van der Waals surface area contributed by atoms with E-state index in [1.807, 2.05) is 84.9 Å². The molecule has 0 N–H and O–H groups in total. The van der Waals surface area contributed by atoms with Gasteiger partial charge in [-0.15, -0.1) is 0 Å². The lowest BCUT2D eigenvalue weighted by Crippen LogP contribution is -2.17. The van der Waals surface area contributed by atoms with E-state index in [9.17, 15) is 8.78 Å². The summed E-state index contributed by atoms with van der Waals surface area (Å²) in [4.78, 5) is 4.55. The molecule has 2 aromatic heterocycles. The highest BCUT2D eigenvalue weighted by atomic mass is 19.1. The van der Waals surface area contributed by atoms with Crippen molar-refractivity contribution in [2.75, 3.05) is 9.80 Å². The average Bonchev–Trinajstić information content (AvgIpc) is 2.85. The largest absolute Gasteiger partial charge is 0.310 e. The van der Waals surface area contributed by atoms with Crippen molar-refractivity contribution < 1.29 is 17.6 Å². The Morgan fingerprint density at radius 1 is 0.289 bits per heavy atom. The topological polar surface area (TPSA) is 16.3 Å². The van der Waals surface area contributed by atoms with Gasteiger partial charge in [-0.3, -0.25) is 0 Å². The second-order valence-electron chi connectivity index (χ2n) is 21.9. The van der Waals surface area contributed by atoms with Gasteiger partial charge in [0.25, 0.3) is 0 Å². The molecule has 0 fully saturated rings. The smallest absolute Gasteiger partial charge is 0.131 e. The predicted octanol–water partition coefficient (Wildman–Crippen LogP) is 21.0. The molecule has 8 heteroatoms. The molecular weight excluding hydrogens is 1030 g/mol. The van der Waals surface area contributed by atoms with Crippen LogP contribution in [0.3, 0.4) is 0 Å². The highest BCUT2D eigenvalue weighted by molar-refractivity contribution is 6.12. The van der Waals surface area contributed by atoms with Gasteiger partial charge < -0.3 is 18.9 Å². The molecule has 0 aliphatic heterocycles. The fourth-order valence-corrected chi connectivity index (χ4v) is 12.8. The first kappa shape index (κ1) is 49.6. The maximum atomic E-state index is 15.2. The maximum Gasteiger partial charge on any atom is 0.131 e. The number of halogens is 4. The number of nitrogens with zero attached hydrogens (tertiary/aromatic N) is 4. The normalized spacial score (nSPS) is 12.6. The summed E-state index contributed by atoms with van der Waals surface area (Å²) in [6.07, 6.45) is 0. The van der Waals surface area contributed by atoms with Crippen LogP contribution < -0.4 is 9.80 Å². The van der Waals surface area contributed by atoms with Gasteiger partial charge in [-0.1, -0.05) is 123 Å². The van der Waals surface area contributed by atoms with Crippen molar-refractivity contribution in [3.05, 3.63) is 301 Å². The Hall–Kier alpha value is -10.4. The zero-order valence-corrected chi connectivity index (χ0v) is 45.2. The molecule has 0 atom stereocenters. The summed E-state index contributed by atoms with van der Waals surface area (Å²) in [5.74, 6) is -1.14. The average molecular weight is 1080 g/mol. The number of hydrogen-bond acceptors (Lipinski definition) is 2. The van der Waals surface area contributed by atoms with Crippen molar-refractivity contribution >= 4 is 77.7 Å². The molecule has 0 spiro atoms. The second kappa shape index (κ2) is 19.4. The first-order chi connectivity index (χ1) is 40.6. The molecule has 0 radical (unpaired) electrons. The van der Waals surface area contributed by atoms with Gasteiger partial charge in [0.1, 0.15) is 23.3 Å². The lowest BCUT2D eigenvalue weighted by atomic mass is 9.82. The van der Waals surface area contributed by atoms with Crippen molar-refractivity contribution in [3.8, 4) is 44.8 Å². The van der Waals surface area contributed by atoms with Crippen LogP contribution in [0.4, 0.5) is 51.7 Å². The van der Waals surface area contributed by atoms with Crippen molar-refractivity contribution in [1.29, 1.82) is 0 Å². The third-order valence-corrected chi connectivity index (χ3v) is 16.8. The number of anilines is 6. The van der Waals surface area contributed by atoms with Crippen LogP contribution in [0.1, 0.15) is 25.0 Å². The molecule has 83 heavy (non-hydrogen) atoms. The fraction of sp³-hybridized carbons (Fsp3) is 0.0400. The summed E-state index contributed by atoms with van der Waals surface area (Å²) >= 11 is 0. The summed E-state index contributed by atoms with van der Waals surface area (Å²) in [6.45, 7) is 4.58. The molecule has 15 rings (SSSR count).